The summed E-state index contributed by atoms with van der Waals surface area (Å²) in [5.41, 5.74) is 2.56. The third-order valence-corrected chi connectivity index (χ3v) is 3.69. The number of hydrogen-bond donors (Lipinski definition) is 1. The number of carboxylic acid groups (broad SMARTS) is 1. The number of benzene rings is 2. The highest BCUT2D eigenvalue weighted by Crippen LogP contribution is 2.34. The van der Waals surface area contributed by atoms with E-state index in [1.807, 2.05) is 43.3 Å². The highest BCUT2D eigenvalue weighted by atomic mass is 79.9. The molecule has 0 saturated heterocycles. The van der Waals surface area contributed by atoms with E-state index in [1.54, 1.807) is 6.07 Å². The minimum atomic E-state index is -0.979. The van der Waals surface area contributed by atoms with Gasteiger partial charge in [0, 0.05) is 15.4 Å². The van der Waals surface area contributed by atoms with Crippen LogP contribution in [-0.2, 0) is 0 Å². The molecular formula is C16H11BrO3. The summed E-state index contributed by atoms with van der Waals surface area (Å²) in [6, 6.07) is 12.9. The summed E-state index contributed by atoms with van der Waals surface area (Å²) in [7, 11) is 0. The fraction of sp³-hybridized carbons (Fsp3) is 0.0625. The molecule has 0 amide bonds. The Morgan fingerprint density at radius 3 is 2.50 bits per heavy atom. The molecule has 0 bridgehead atoms. The van der Waals surface area contributed by atoms with Crippen LogP contribution in [-0.4, -0.2) is 11.1 Å². The van der Waals surface area contributed by atoms with Crippen LogP contribution < -0.4 is 0 Å². The van der Waals surface area contributed by atoms with Crippen molar-refractivity contribution in [2.75, 3.05) is 0 Å². The second kappa shape index (κ2) is 4.80. The monoisotopic (exact) mass is 330 g/mol. The van der Waals surface area contributed by atoms with E-state index in [0.29, 0.717) is 16.7 Å². The first-order valence-electron chi connectivity index (χ1n) is 6.08. The molecule has 3 rings (SSSR count). The third kappa shape index (κ3) is 2.12. The first-order chi connectivity index (χ1) is 9.56. The summed E-state index contributed by atoms with van der Waals surface area (Å²) >= 11 is 3.36. The molecule has 3 aromatic rings. The van der Waals surface area contributed by atoms with E-state index in [0.717, 1.165) is 15.6 Å². The molecule has 0 aliphatic heterocycles. The molecule has 1 N–H and O–H groups in total. The summed E-state index contributed by atoms with van der Waals surface area (Å²) < 4.78 is 6.68. The van der Waals surface area contributed by atoms with Gasteiger partial charge in [0.1, 0.15) is 16.9 Å². The van der Waals surface area contributed by atoms with Crippen molar-refractivity contribution in [1.82, 2.24) is 0 Å². The van der Waals surface area contributed by atoms with Crippen molar-refractivity contribution >= 4 is 32.9 Å². The molecule has 4 heteroatoms. The lowest BCUT2D eigenvalue weighted by Crippen LogP contribution is -1.97. The Labute approximate surface area is 124 Å². The van der Waals surface area contributed by atoms with Crippen LogP contribution in [0, 0.1) is 6.92 Å². The molecule has 0 aliphatic carbocycles. The average Bonchev–Trinajstić information content (AvgIpc) is 2.78. The maximum absolute atomic E-state index is 11.6. The van der Waals surface area contributed by atoms with Crippen LogP contribution >= 0.6 is 15.9 Å². The Hall–Kier alpha value is -2.07. The topological polar surface area (TPSA) is 50.4 Å². The first kappa shape index (κ1) is 12.9. The van der Waals surface area contributed by atoms with Crippen LogP contribution in [0.3, 0.4) is 0 Å². The molecule has 2 aromatic carbocycles. The van der Waals surface area contributed by atoms with Gasteiger partial charge in [-0.3, -0.25) is 0 Å². The summed E-state index contributed by atoms with van der Waals surface area (Å²) in [5.74, 6) is -0.585. The van der Waals surface area contributed by atoms with Gasteiger partial charge in [0.05, 0.1) is 0 Å². The van der Waals surface area contributed by atoms with Crippen molar-refractivity contribution in [3.8, 4) is 11.3 Å². The van der Waals surface area contributed by atoms with Crippen LogP contribution in [0.5, 0.6) is 0 Å². The van der Waals surface area contributed by atoms with E-state index in [1.165, 1.54) is 0 Å². The van der Waals surface area contributed by atoms with Gasteiger partial charge in [-0.05, 0) is 31.2 Å². The number of carboxylic acids is 1. The van der Waals surface area contributed by atoms with Crippen molar-refractivity contribution in [1.29, 1.82) is 0 Å². The molecular weight excluding hydrogens is 320 g/mol. The minimum absolute atomic E-state index is 0.214. The quantitative estimate of drug-likeness (QED) is 0.729. The molecule has 0 fully saturated rings. The number of carbonyl (C=O) groups is 1. The summed E-state index contributed by atoms with van der Waals surface area (Å²) in [6.07, 6.45) is 0. The molecule has 0 radical (unpaired) electrons. The lowest BCUT2D eigenvalue weighted by atomic mass is 10.0. The minimum Gasteiger partial charge on any atom is -0.478 e. The van der Waals surface area contributed by atoms with Gasteiger partial charge >= 0.3 is 5.97 Å². The summed E-state index contributed by atoms with van der Waals surface area (Å²) in [6.45, 7) is 1.93. The SMILES string of the molecule is Cc1ccc2oc(-c3ccc(Br)cc3)c(C(=O)O)c2c1. The number of aromatic carboxylic acids is 1. The molecule has 1 heterocycles. The van der Waals surface area contributed by atoms with E-state index < -0.39 is 5.97 Å². The first-order valence-corrected chi connectivity index (χ1v) is 6.88. The standard InChI is InChI=1S/C16H11BrO3/c1-9-2-7-13-12(8-9)14(16(18)19)15(20-13)10-3-5-11(17)6-4-10/h2-8H,1H3,(H,18,19). The van der Waals surface area contributed by atoms with Crippen molar-refractivity contribution in [2.45, 2.75) is 6.92 Å². The van der Waals surface area contributed by atoms with Gasteiger partial charge in [-0.1, -0.05) is 39.7 Å². The molecule has 3 nitrogen and oxygen atoms in total. The largest absolute Gasteiger partial charge is 0.478 e. The fourth-order valence-electron chi connectivity index (χ4n) is 2.23. The van der Waals surface area contributed by atoms with Crippen molar-refractivity contribution < 1.29 is 14.3 Å². The Balaban J connectivity index is 2.32. The van der Waals surface area contributed by atoms with Gasteiger partial charge in [0.15, 0.2) is 0 Å². The van der Waals surface area contributed by atoms with Gasteiger partial charge in [0.25, 0.3) is 0 Å². The molecule has 0 unspecified atom stereocenters. The zero-order valence-electron chi connectivity index (χ0n) is 10.7. The second-order valence-electron chi connectivity index (χ2n) is 4.62. The zero-order chi connectivity index (χ0) is 14.3. The molecule has 20 heavy (non-hydrogen) atoms. The highest BCUT2D eigenvalue weighted by Gasteiger charge is 2.21. The number of halogens is 1. The average molecular weight is 331 g/mol. The number of aryl methyl sites for hydroxylation is 1. The zero-order valence-corrected chi connectivity index (χ0v) is 12.3. The highest BCUT2D eigenvalue weighted by molar-refractivity contribution is 9.10. The van der Waals surface area contributed by atoms with Gasteiger partial charge in [-0.2, -0.15) is 0 Å². The predicted molar refractivity (Wildman–Crippen MR) is 81.0 cm³/mol. The summed E-state index contributed by atoms with van der Waals surface area (Å²) in [4.78, 5) is 11.6. The number of rotatable bonds is 2. The van der Waals surface area contributed by atoms with Gasteiger partial charge < -0.3 is 9.52 Å². The molecule has 0 atom stereocenters. The summed E-state index contributed by atoms with van der Waals surface area (Å²) in [5, 5.41) is 10.1. The lowest BCUT2D eigenvalue weighted by molar-refractivity contribution is 0.0699. The Bertz CT molecular complexity index is 800. The van der Waals surface area contributed by atoms with Gasteiger partial charge in [-0.15, -0.1) is 0 Å². The molecule has 0 saturated carbocycles. The van der Waals surface area contributed by atoms with Crippen molar-refractivity contribution in [2.24, 2.45) is 0 Å². The van der Waals surface area contributed by atoms with E-state index in [9.17, 15) is 9.90 Å². The lowest BCUT2D eigenvalue weighted by Gasteiger charge is -1.99. The normalized spacial score (nSPS) is 10.9. The maximum Gasteiger partial charge on any atom is 0.340 e. The number of fused-ring (bicyclic) bond motifs is 1. The van der Waals surface area contributed by atoms with Crippen molar-refractivity contribution in [3.05, 3.63) is 58.1 Å². The van der Waals surface area contributed by atoms with E-state index in [-0.39, 0.29) is 5.56 Å². The molecule has 100 valence electrons. The number of furan rings is 1. The Morgan fingerprint density at radius 1 is 1.15 bits per heavy atom. The van der Waals surface area contributed by atoms with E-state index >= 15 is 0 Å². The fourth-order valence-corrected chi connectivity index (χ4v) is 2.49. The second-order valence-corrected chi connectivity index (χ2v) is 5.53. The molecule has 1 aromatic heterocycles. The number of hydrogen-bond acceptors (Lipinski definition) is 2. The van der Waals surface area contributed by atoms with Crippen LogP contribution in [0.2, 0.25) is 0 Å². The smallest absolute Gasteiger partial charge is 0.340 e. The predicted octanol–water partition coefficient (Wildman–Crippen LogP) is 4.87. The van der Waals surface area contributed by atoms with Crippen LogP contribution in [0.1, 0.15) is 15.9 Å². The maximum atomic E-state index is 11.6. The van der Waals surface area contributed by atoms with Crippen LogP contribution in [0.15, 0.2) is 51.4 Å². The van der Waals surface area contributed by atoms with E-state index in [4.69, 9.17) is 4.42 Å². The van der Waals surface area contributed by atoms with Gasteiger partial charge in [-0.25, -0.2) is 4.79 Å². The van der Waals surface area contributed by atoms with Gasteiger partial charge in [0.2, 0.25) is 0 Å². The van der Waals surface area contributed by atoms with E-state index in [2.05, 4.69) is 15.9 Å². The Morgan fingerprint density at radius 2 is 1.85 bits per heavy atom. The molecule has 0 aliphatic rings. The van der Waals surface area contributed by atoms with Crippen LogP contribution in [0.25, 0.3) is 22.3 Å². The van der Waals surface area contributed by atoms with Crippen LogP contribution in [0.4, 0.5) is 0 Å². The molecule has 0 spiro atoms. The van der Waals surface area contributed by atoms with Crippen molar-refractivity contribution in [3.63, 3.8) is 0 Å². The Kier molecular flexibility index (Phi) is 3.10. The third-order valence-electron chi connectivity index (χ3n) is 3.16.